The van der Waals surface area contributed by atoms with Crippen molar-refractivity contribution >= 4 is 23.1 Å². The molecule has 4 aliphatic rings. The van der Waals surface area contributed by atoms with E-state index in [1.165, 1.54) is 0 Å². The molecular formula is C27H31N5O3. The van der Waals surface area contributed by atoms with E-state index in [-0.39, 0.29) is 11.7 Å². The van der Waals surface area contributed by atoms with Gasteiger partial charge in [0.1, 0.15) is 17.2 Å². The average Bonchev–Trinajstić information content (AvgIpc) is 2.88. The lowest BCUT2D eigenvalue weighted by Crippen LogP contribution is -2.49. The lowest BCUT2D eigenvalue weighted by molar-refractivity contribution is 0.0187. The van der Waals surface area contributed by atoms with Crippen LogP contribution in [0.15, 0.2) is 36.5 Å². The smallest absolute Gasteiger partial charge is 0.255 e. The normalized spacial score (nSPS) is 21.5. The van der Waals surface area contributed by atoms with Gasteiger partial charge in [-0.3, -0.25) is 9.59 Å². The first kappa shape index (κ1) is 22.2. The molecule has 182 valence electrons. The van der Waals surface area contributed by atoms with Gasteiger partial charge in [-0.15, -0.1) is 0 Å². The summed E-state index contributed by atoms with van der Waals surface area (Å²) in [5.74, 6) is 1.60. The summed E-state index contributed by atoms with van der Waals surface area (Å²) >= 11 is 0. The van der Waals surface area contributed by atoms with Gasteiger partial charge in [0.25, 0.3) is 5.91 Å². The van der Waals surface area contributed by atoms with Gasteiger partial charge in [-0.25, -0.2) is 4.98 Å². The fourth-order valence-corrected chi connectivity index (χ4v) is 5.58. The van der Waals surface area contributed by atoms with Crippen LogP contribution in [-0.4, -0.2) is 84.9 Å². The SMILES string of the molecule is CN1CCN(C(=O)c2cnc3c(c2)C(c2ccc4c(c2)OC2(CCNCC2)CC4=O)=CCN3)CC1. The van der Waals surface area contributed by atoms with Crippen LogP contribution in [0.2, 0.25) is 0 Å². The van der Waals surface area contributed by atoms with Gasteiger partial charge in [0.2, 0.25) is 0 Å². The summed E-state index contributed by atoms with van der Waals surface area (Å²) in [6.45, 7) is 5.57. The molecule has 2 aromatic rings. The summed E-state index contributed by atoms with van der Waals surface area (Å²) in [7, 11) is 2.08. The molecular weight excluding hydrogens is 442 g/mol. The highest BCUT2D eigenvalue weighted by molar-refractivity contribution is 6.02. The topological polar surface area (TPSA) is 86.8 Å². The van der Waals surface area contributed by atoms with Crippen molar-refractivity contribution in [3.8, 4) is 5.75 Å². The minimum Gasteiger partial charge on any atom is -0.486 e. The van der Waals surface area contributed by atoms with Crippen LogP contribution in [0.4, 0.5) is 5.82 Å². The van der Waals surface area contributed by atoms with Crippen LogP contribution < -0.4 is 15.4 Å². The number of anilines is 1. The third kappa shape index (κ3) is 4.10. The first-order chi connectivity index (χ1) is 17.0. The van der Waals surface area contributed by atoms with Crippen LogP contribution in [-0.2, 0) is 0 Å². The summed E-state index contributed by atoms with van der Waals surface area (Å²) in [6, 6.07) is 7.80. The van der Waals surface area contributed by atoms with Crippen LogP contribution in [0.25, 0.3) is 5.57 Å². The third-order valence-corrected chi connectivity index (χ3v) is 7.71. The maximum absolute atomic E-state index is 13.2. The number of aromatic nitrogens is 1. The number of benzene rings is 1. The van der Waals surface area contributed by atoms with Gasteiger partial charge in [-0.05, 0) is 49.5 Å². The Kier molecular flexibility index (Phi) is 5.57. The summed E-state index contributed by atoms with van der Waals surface area (Å²) in [6.07, 6.45) is 5.89. The number of piperazine rings is 1. The number of ketones is 1. The number of hydrogen-bond donors (Lipinski definition) is 2. The van der Waals surface area contributed by atoms with E-state index >= 15 is 0 Å². The van der Waals surface area contributed by atoms with Crippen LogP contribution in [0, 0.1) is 0 Å². The molecule has 0 atom stereocenters. The zero-order valence-corrected chi connectivity index (χ0v) is 20.1. The highest BCUT2D eigenvalue weighted by atomic mass is 16.5. The van der Waals surface area contributed by atoms with E-state index in [4.69, 9.17) is 4.74 Å². The molecule has 0 unspecified atom stereocenters. The molecule has 0 saturated carbocycles. The maximum Gasteiger partial charge on any atom is 0.255 e. The molecule has 35 heavy (non-hydrogen) atoms. The molecule has 6 rings (SSSR count). The van der Waals surface area contributed by atoms with Crippen LogP contribution in [0.5, 0.6) is 5.75 Å². The minimum absolute atomic E-state index is 0.0190. The Hall–Kier alpha value is -3.23. The summed E-state index contributed by atoms with van der Waals surface area (Å²) in [5.41, 5.74) is 3.72. The Morgan fingerprint density at radius 1 is 1.09 bits per heavy atom. The van der Waals surface area contributed by atoms with Gasteiger partial charge < -0.3 is 25.2 Å². The Labute approximate surface area is 205 Å². The number of rotatable bonds is 2. The van der Waals surface area contributed by atoms with Crippen molar-refractivity contribution in [2.45, 2.75) is 24.9 Å². The number of ether oxygens (including phenoxy) is 1. The van der Waals surface area contributed by atoms with E-state index < -0.39 is 5.60 Å². The van der Waals surface area contributed by atoms with Crippen LogP contribution in [0.1, 0.15) is 51.1 Å². The van der Waals surface area contributed by atoms with E-state index in [1.54, 1.807) is 6.20 Å². The van der Waals surface area contributed by atoms with Crippen molar-refractivity contribution in [2.75, 3.05) is 58.2 Å². The van der Waals surface area contributed by atoms with Gasteiger partial charge in [0, 0.05) is 57.3 Å². The molecule has 8 heteroatoms. The van der Waals surface area contributed by atoms with Crippen LogP contribution >= 0.6 is 0 Å². The number of carbonyl (C=O) groups is 2. The molecule has 1 aromatic carbocycles. The zero-order chi connectivity index (χ0) is 24.0. The quantitative estimate of drug-likeness (QED) is 0.693. The monoisotopic (exact) mass is 473 g/mol. The molecule has 2 N–H and O–H groups in total. The number of Topliss-reactive ketones (excluding diaryl/α,β-unsaturated/α-hetero) is 1. The molecule has 2 saturated heterocycles. The maximum atomic E-state index is 13.2. The second-order valence-electron chi connectivity index (χ2n) is 10.1. The standard InChI is InChI=1S/C27H31N5O3/c1-31-10-12-32(13-11-31)26(34)19-14-22-20(4-7-29-25(22)30-17-19)18-2-3-21-23(33)16-27(35-24(21)15-18)5-8-28-9-6-27/h2-4,14-15,17,28H,5-13,16H2,1H3,(H,29,30). The molecule has 1 aromatic heterocycles. The number of nitrogens with zero attached hydrogens (tertiary/aromatic N) is 3. The predicted octanol–water partition coefficient (Wildman–Crippen LogP) is 2.41. The number of hydrogen-bond acceptors (Lipinski definition) is 7. The van der Waals surface area contributed by atoms with Crippen molar-refractivity contribution < 1.29 is 14.3 Å². The van der Waals surface area contributed by atoms with Crippen LogP contribution in [0.3, 0.4) is 0 Å². The van der Waals surface area contributed by atoms with E-state index in [9.17, 15) is 9.59 Å². The number of carbonyl (C=O) groups excluding carboxylic acids is 2. The molecule has 8 nitrogen and oxygen atoms in total. The number of likely N-dealkylation sites (N-methyl/N-ethyl adjacent to an activating group) is 1. The zero-order valence-electron chi connectivity index (χ0n) is 20.1. The number of nitrogens with one attached hydrogen (secondary N) is 2. The van der Waals surface area contributed by atoms with E-state index in [0.717, 1.165) is 74.6 Å². The largest absolute Gasteiger partial charge is 0.486 e. The van der Waals surface area contributed by atoms with Crippen molar-refractivity contribution in [1.82, 2.24) is 20.1 Å². The molecule has 1 amide bonds. The van der Waals surface area contributed by atoms with Crippen molar-refractivity contribution in [2.24, 2.45) is 0 Å². The first-order valence-corrected chi connectivity index (χ1v) is 12.5. The summed E-state index contributed by atoms with van der Waals surface area (Å²) in [5, 5.41) is 6.68. The fraction of sp³-hybridized carbons (Fsp3) is 0.444. The Morgan fingerprint density at radius 3 is 2.69 bits per heavy atom. The van der Waals surface area contributed by atoms with Crippen molar-refractivity contribution in [3.63, 3.8) is 0 Å². The van der Waals surface area contributed by atoms with E-state index in [1.807, 2.05) is 29.2 Å². The minimum atomic E-state index is -0.405. The van der Waals surface area contributed by atoms with Crippen molar-refractivity contribution in [1.29, 1.82) is 0 Å². The predicted molar refractivity (Wildman–Crippen MR) is 134 cm³/mol. The molecule has 0 bridgehead atoms. The fourth-order valence-electron chi connectivity index (χ4n) is 5.58. The summed E-state index contributed by atoms with van der Waals surface area (Å²) < 4.78 is 6.52. The Balaban J connectivity index is 1.32. The second kappa shape index (κ2) is 8.77. The Bertz CT molecular complexity index is 1210. The van der Waals surface area contributed by atoms with E-state index in [0.29, 0.717) is 29.8 Å². The molecule has 5 heterocycles. The van der Waals surface area contributed by atoms with Gasteiger partial charge >= 0.3 is 0 Å². The number of piperidine rings is 1. The second-order valence-corrected chi connectivity index (χ2v) is 10.1. The highest BCUT2D eigenvalue weighted by Gasteiger charge is 2.41. The molecule has 2 fully saturated rings. The lowest BCUT2D eigenvalue weighted by atomic mass is 9.82. The molecule has 1 spiro atoms. The highest BCUT2D eigenvalue weighted by Crippen LogP contribution is 2.41. The average molecular weight is 474 g/mol. The van der Waals surface area contributed by atoms with Gasteiger partial charge in [0.15, 0.2) is 5.78 Å². The molecule has 0 aliphatic carbocycles. The van der Waals surface area contributed by atoms with Gasteiger partial charge in [-0.2, -0.15) is 0 Å². The summed E-state index contributed by atoms with van der Waals surface area (Å²) in [4.78, 5) is 34.9. The molecule has 4 aliphatic heterocycles. The third-order valence-electron chi connectivity index (χ3n) is 7.71. The van der Waals surface area contributed by atoms with Crippen molar-refractivity contribution in [3.05, 3.63) is 58.8 Å². The molecule has 0 radical (unpaired) electrons. The van der Waals surface area contributed by atoms with E-state index in [2.05, 4.69) is 33.6 Å². The van der Waals surface area contributed by atoms with Gasteiger partial charge in [-0.1, -0.05) is 12.1 Å². The lowest BCUT2D eigenvalue weighted by Gasteiger charge is -2.41. The number of pyridine rings is 1. The number of fused-ring (bicyclic) bond motifs is 2. The number of amides is 1. The first-order valence-electron chi connectivity index (χ1n) is 12.5. The van der Waals surface area contributed by atoms with Gasteiger partial charge in [0.05, 0.1) is 17.5 Å². The Morgan fingerprint density at radius 2 is 1.89 bits per heavy atom.